The topological polar surface area (TPSA) is 33.2 Å². The predicted molar refractivity (Wildman–Crippen MR) is 83.9 cm³/mol. The number of hydrogen-bond donors (Lipinski definition) is 0. The number of hydrogen-bond acceptors (Lipinski definition) is 4. The van der Waals surface area contributed by atoms with Gasteiger partial charge in [0, 0.05) is 29.7 Å². The van der Waals surface area contributed by atoms with E-state index in [0.717, 1.165) is 18.7 Å². The fourth-order valence-electron chi connectivity index (χ4n) is 2.33. The Balaban J connectivity index is 1.73. The molecule has 1 amide bonds. The Morgan fingerprint density at radius 1 is 1.40 bits per heavy atom. The highest BCUT2D eigenvalue weighted by Crippen LogP contribution is 2.42. The van der Waals surface area contributed by atoms with Crippen LogP contribution in [0.3, 0.4) is 0 Å². The first-order chi connectivity index (χ1) is 9.75. The average molecular weight is 304 g/mol. The van der Waals surface area contributed by atoms with Crippen LogP contribution in [0.4, 0.5) is 0 Å². The summed E-state index contributed by atoms with van der Waals surface area (Å²) >= 11 is 3.48. The van der Waals surface area contributed by atoms with Gasteiger partial charge in [-0.05, 0) is 36.1 Å². The van der Waals surface area contributed by atoms with E-state index in [-0.39, 0.29) is 11.3 Å². The molecule has 0 aliphatic carbocycles. The molecule has 0 saturated carbocycles. The van der Waals surface area contributed by atoms with Crippen LogP contribution in [0.25, 0.3) is 0 Å². The number of aromatic nitrogens is 1. The lowest BCUT2D eigenvalue weighted by atomic mass is 10.2. The van der Waals surface area contributed by atoms with Crippen molar-refractivity contribution in [2.24, 2.45) is 0 Å². The fraction of sp³-hybridized carbons (Fsp3) is 0.333. The number of carbonyl (C=O) groups is 1. The number of aryl methyl sites for hydroxylation is 1. The van der Waals surface area contributed by atoms with E-state index in [1.807, 2.05) is 23.1 Å². The highest BCUT2D eigenvalue weighted by atomic mass is 32.2. The van der Waals surface area contributed by atoms with E-state index in [4.69, 9.17) is 0 Å². The molecule has 2 aromatic heterocycles. The molecule has 0 aromatic carbocycles. The van der Waals surface area contributed by atoms with E-state index in [9.17, 15) is 4.79 Å². The molecule has 2 aromatic rings. The largest absolute Gasteiger partial charge is 0.325 e. The minimum Gasteiger partial charge on any atom is -0.325 e. The standard InChI is InChI=1S/C15H16N2OS2/c1-11-6-9-19-14(11)15-17(13(18)10-20-15)8-5-12-4-2-3-7-16-12/h2-4,6-7,9,15H,5,8,10H2,1H3. The lowest BCUT2D eigenvalue weighted by Gasteiger charge is -2.23. The summed E-state index contributed by atoms with van der Waals surface area (Å²) in [6.07, 6.45) is 2.62. The summed E-state index contributed by atoms with van der Waals surface area (Å²) in [5.74, 6) is 0.827. The molecule has 1 saturated heterocycles. The van der Waals surface area contributed by atoms with Crippen LogP contribution in [0.1, 0.15) is 21.5 Å². The van der Waals surface area contributed by atoms with E-state index in [1.54, 1.807) is 29.3 Å². The quantitative estimate of drug-likeness (QED) is 0.869. The Morgan fingerprint density at radius 2 is 2.30 bits per heavy atom. The molecule has 1 aliphatic heterocycles. The van der Waals surface area contributed by atoms with Crippen molar-refractivity contribution in [2.45, 2.75) is 18.7 Å². The number of nitrogens with zero attached hydrogens (tertiary/aromatic N) is 2. The van der Waals surface area contributed by atoms with Gasteiger partial charge in [-0.2, -0.15) is 0 Å². The molecule has 1 fully saturated rings. The first kappa shape index (κ1) is 13.6. The van der Waals surface area contributed by atoms with Crippen molar-refractivity contribution in [3.8, 4) is 0 Å². The van der Waals surface area contributed by atoms with E-state index < -0.39 is 0 Å². The molecular formula is C15H16N2OS2. The number of rotatable bonds is 4. The zero-order chi connectivity index (χ0) is 13.9. The smallest absolute Gasteiger partial charge is 0.233 e. The summed E-state index contributed by atoms with van der Waals surface area (Å²) in [5.41, 5.74) is 2.32. The highest BCUT2D eigenvalue weighted by Gasteiger charge is 2.33. The molecular weight excluding hydrogens is 288 g/mol. The van der Waals surface area contributed by atoms with Crippen molar-refractivity contribution < 1.29 is 4.79 Å². The van der Waals surface area contributed by atoms with Gasteiger partial charge in [0.05, 0.1) is 5.75 Å². The van der Waals surface area contributed by atoms with E-state index >= 15 is 0 Å². The van der Waals surface area contributed by atoms with E-state index in [1.165, 1.54) is 10.4 Å². The Kier molecular flexibility index (Phi) is 4.08. The molecule has 104 valence electrons. The Labute approximate surface area is 127 Å². The summed E-state index contributed by atoms with van der Waals surface area (Å²) in [4.78, 5) is 19.7. The Morgan fingerprint density at radius 3 is 3.00 bits per heavy atom. The van der Waals surface area contributed by atoms with Gasteiger partial charge in [0.25, 0.3) is 0 Å². The molecule has 20 heavy (non-hydrogen) atoms. The summed E-state index contributed by atoms with van der Waals surface area (Å²) in [5, 5.41) is 2.29. The van der Waals surface area contributed by atoms with Crippen LogP contribution in [-0.2, 0) is 11.2 Å². The molecule has 1 unspecified atom stereocenters. The van der Waals surface area contributed by atoms with Gasteiger partial charge in [-0.1, -0.05) is 6.07 Å². The van der Waals surface area contributed by atoms with Gasteiger partial charge < -0.3 is 4.90 Å². The van der Waals surface area contributed by atoms with Gasteiger partial charge in [-0.15, -0.1) is 23.1 Å². The van der Waals surface area contributed by atoms with Crippen LogP contribution in [-0.4, -0.2) is 28.1 Å². The zero-order valence-corrected chi connectivity index (χ0v) is 12.9. The minimum absolute atomic E-state index is 0.186. The second-order valence-corrected chi connectivity index (χ2v) is 6.81. The maximum Gasteiger partial charge on any atom is 0.233 e. The highest BCUT2D eigenvalue weighted by molar-refractivity contribution is 8.00. The lowest BCUT2D eigenvalue weighted by molar-refractivity contribution is -0.128. The fourth-order valence-corrected chi connectivity index (χ4v) is 4.83. The summed E-state index contributed by atoms with van der Waals surface area (Å²) in [7, 11) is 0. The number of amides is 1. The van der Waals surface area contributed by atoms with Gasteiger partial charge in [0.1, 0.15) is 5.37 Å². The number of pyridine rings is 1. The van der Waals surface area contributed by atoms with Crippen molar-refractivity contribution in [1.82, 2.24) is 9.88 Å². The van der Waals surface area contributed by atoms with Crippen molar-refractivity contribution in [2.75, 3.05) is 12.3 Å². The molecule has 0 radical (unpaired) electrons. The van der Waals surface area contributed by atoms with Crippen LogP contribution >= 0.6 is 23.1 Å². The van der Waals surface area contributed by atoms with Gasteiger partial charge in [0.15, 0.2) is 0 Å². The van der Waals surface area contributed by atoms with Crippen LogP contribution in [0, 0.1) is 6.92 Å². The minimum atomic E-state index is 0.186. The second-order valence-electron chi connectivity index (χ2n) is 4.79. The average Bonchev–Trinajstić information content (AvgIpc) is 3.04. The molecule has 1 atom stereocenters. The molecule has 0 N–H and O–H groups in total. The van der Waals surface area contributed by atoms with Crippen LogP contribution in [0.15, 0.2) is 35.8 Å². The maximum atomic E-state index is 12.1. The van der Waals surface area contributed by atoms with Crippen molar-refractivity contribution in [3.63, 3.8) is 0 Å². The third-order valence-electron chi connectivity index (χ3n) is 3.43. The molecule has 5 heteroatoms. The number of thiophene rings is 1. The normalized spacial score (nSPS) is 18.8. The van der Waals surface area contributed by atoms with Crippen molar-refractivity contribution in [1.29, 1.82) is 0 Å². The molecule has 0 spiro atoms. The first-order valence-electron chi connectivity index (χ1n) is 6.60. The summed E-state index contributed by atoms with van der Waals surface area (Å²) in [6.45, 7) is 2.86. The van der Waals surface area contributed by atoms with Crippen LogP contribution in [0.2, 0.25) is 0 Å². The third kappa shape index (κ3) is 2.74. The Bertz CT molecular complexity index is 597. The van der Waals surface area contributed by atoms with Crippen LogP contribution < -0.4 is 0 Å². The summed E-state index contributed by atoms with van der Waals surface area (Å²) in [6, 6.07) is 8.04. The number of carbonyl (C=O) groups excluding carboxylic acids is 1. The van der Waals surface area contributed by atoms with Crippen LogP contribution in [0.5, 0.6) is 0 Å². The lowest BCUT2D eigenvalue weighted by Crippen LogP contribution is -2.30. The van der Waals surface area contributed by atoms with Gasteiger partial charge in [-0.3, -0.25) is 9.78 Å². The number of thioether (sulfide) groups is 1. The zero-order valence-electron chi connectivity index (χ0n) is 11.3. The Hall–Kier alpha value is -1.33. The molecule has 3 nitrogen and oxygen atoms in total. The van der Waals surface area contributed by atoms with Gasteiger partial charge >= 0.3 is 0 Å². The maximum absolute atomic E-state index is 12.1. The first-order valence-corrected chi connectivity index (χ1v) is 8.53. The van der Waals surface area contributed by atoms with Gasteiger partial charge in [0.2, 0.25) is 5.91 Å². The van der Waals surface area contributed by atoms with Crippen molar-refractivity contribution >= 4 is 29.0 Å². The summed E-state index contributed by atoms with van der Waals surface area (Å²) < 4.78 is 0. The molecule has 3 rings (SSSR count). The van der Waals surface area contributed by atoms with E-state index in [0.29, 0.717) is 5.75 Å². The predicted octanol–water partition coefficient (Wildman–Crippen LogP) is 3.27. The van der Waals surface area contributed by atoms with Crippen molar-refractivity contribution in [3.05, 3.63) is 52.0 Å². The third-order valence-corrected chi connectivity index (χ3v) is 5.87. The molecule has 0 bridgehead atoms. The SMILES string of the molecule is Cc1ccsc1C1SCC(=O)N1CCc1ccccn1. The molecule has 3 heterocycles. The van der Waals surface area contributed by atoms with Gasteiger partial charge in [-0.25, -0.2) is 0 Å². The monoisotopic (exact) mass is 304 g/mol. The molecule has 1 aliphatic rings. The van der Waals surface area contributed by atoms with E-state index in [2.05, 4.69) is 23.4 Å². The second kappa shape index (κ2) is 5.97.